The van der Waals surface area contributed by atoms with Gasteiger partial charge in [-0.1, -0.05) is 24.6 Å². The van der Waals surface area contributed by atoms with Crippen LogP contribution in [0.4, 0.5) is 14.5 Å². The lowest BCUT2D eigenvalue weighted by molar-refractivity contribution is -0.143. The van der Waals surface area contributed by atoms with Crippen LogP contribution in [-0.2, 0) is 30.8 Å². The second-order valence-electron chi connectivity index (χ2n) is 9.41. The molecular weight excluding hydrogens is 590 g/mol. The van der Waals surface area contributed by atoms with Crippen LogP contribution >= 0.6 is 22.9 Å². The lowest BCUT2D eigenvalue weighted by Crippen LogP contribution is -2.57. The molecule has 2 N–H and O–H groups in total. The molecule has 4 rings (SSSR count). The maximum atomic E-state index is 14.1. The number of amides is 3. The molecule has 1 aromatic carbocycles. The number of nitrogens with one attached hydrogen (secondary N) is 2. The van der Waals surface area contributed by atoms with Gasteiger partial charge < -0.3 is 19.9 Å². The molecule has 0 radical (unpaired) electrons. The lowest BCUT2D eigenvalue weighted by atomic mass is 10.1. The fraction of sp³-hybridized carbons (Fsp3) is 0.480. The lowest BCUT2D eigenvalue weighted by Gasteiger charge is -2.35. The number of alkyl halides is 2. The van der Waals surface area contributed by atoms with Crippen molar-refractivity contribution in [2.24, 2.45) is 0 Å². The van der Waals surface area contributed by atoms with Gasteiger partial charge in [-0.05, 0) is 42.7 Å². The Hall–Kier alpha value is -2.65. The number of rotatable bonds is 9. The third-order valence-corrected chi connectivity index (χ3v) is 9.38. The Morgan fingerprint density at radius 2 is 2.00 bits per heavy atom. The summed E-state index contributed by atoms with van der Waals surface area (Å²) in [4.78, 5) is 40.9. The Morgan fingerprint density at radius 1 is 1.23 bits per heavy atom. The monoisotopic (exact) mass is 618 g/mol. The maximum Gasteiger partial charge on any atom is 0.265 e. The fourth-order valence-electron chi connectivity index (χ4n) is 4.71. The first-order valence-electron chi connectivity index (χ1n) is 12.6. The van der Waals surface area contributed by atoms with Crippen LogP contribution in [0.1, 0.15) is 35.0 Å². The maximum absolute atomic E-state index is 14.1. The fourth-order valence-corrected chi connectivity index (χ4v) is 7.19. The topological polar surface area (TPSA) is 125 Å². The number of anilines is 1. The molecule has 10 nitrogen and oxygen atoms in total. The molecule has 0 saturated carbocycles. The van der Waals surface area contributed by atoms with Gasteiger partial charge in [-0.2, -0.15) is 4.72 Å². The average Bonchev–Trinajstić information content (AvgIpc) is 3.36. The van der Waals surface area contributed by atoms with Crippen molar-refractivity contribution in [3.8, 4) is 0 Å². The van der Waals surface area contributed by atoms with Crippen molar-refractivity contribution in [2.75, 3.05) is 44.3 Å². The summed E-state index contributed by atoms with van der Waals surface area (Å²) in [5.74, 6) is -4.91. The van der Waals surface area contributed by atoms with E-state index in [9.17, 15) is 31.6 Å². The Morgan fingerprint density at radius 3 is 2.65 bits per heavy atom. The van der Waals surface area contributed by atoms with E-state index in [0.717, 1.165) is 16.2 Å². The van der Waals surface area contributed by atoms with E-state index in [1.54, 1.807) is 13.0 Å². The summed E-state index contributed by atoms with van der Waals surface area (Å²) in [7, 11) is -4.43. The minimum absolute atomic E-state index is 0.0238. The van der Waals surface area contributed by atoms with Gasteiger partial charge in [-0.25, -0.2) is 17.2 Å². The number of carbonyl (C=O) groups is 3. The first-order chi connectivity index (χ1) is 18.9. The number of benzene rings is 1. The van der Waals surface area contributed by atoms with Crippen molar-refractivity contribution in [3.05, 3.63) is 45.1 Å². The summed E-state index contributed by atoms with van der Waals surface area (Å²) in [6, 6.07) is 5.87. The van der Waals surface area contributed by atoms with Crippen LogP contribution in [-0.4, -0.2) is 82.4 Å². The van der Waals surface area contributed by atoms with Crippen molar-refractivity contribution in [2.45, 2.75) is 43.0 Å². The molecule has 1 aromatic heterocycles. The molecule has 0 aliphatic carbocycles. The first kappa shape index (κ1) is 30.3. The van der Waals surface area contributed by atoms with E-state index in [1.807, 2.05) is 0 Å². The largest absolute Gasteiger partial charge is 0.370 e. The van der Waals surface area contributed by atoms with E-state index in [2.05, 4.69) is 10.0 Å². The second kappa shape index (κ2) is 12.5. The summed E-state index contributed by atoms with van der Waals surface area (Å²) < 4.78 is 63.5. The Labute approximate surface area is 239 Å². The van der Waals surface area contributed by atoms with Gasteiger partial charge in [0, 0.05) is 31.7 Å². The molecule has 0 bridgehead atoms. The Kier molecular flexibility index (Phi) is 9.45. The van der Waals surface area contributed by atoms with Crippen LogP contribution in [0.5, 0.6) is 0 Å². The number of halogens is 3. The Balaban J connectivity index is 1.63. The molecule has 0 unspecified atom stereocenters. The summed E-state index contributed by atoms with van der Waals surface area (Å²) in [5.41, 5.74) is 0.748. The number of thiophene rings is 1. The molecule has 2 aliphatic rings. The zero-order valence-electron chi connectivity index (χ0n) is 21.6. The summed E-state index contributed by atoms with van der Waals surface area (Å²) in [6.45, 7) is 0.807. The molecule has 0 spiro atoms. The summed E-state index contributed by atoms with van der Waals surface area (Å²) in [5, 5.41) is 2.51. The van der Waals surface area contributed by atoms with Crippen LogP contribution in [0.25, 0.3) is 0 Å². The smallest absolute Gasteiger partial charge is 0.265 e. The molecule has 2 saturated heterocycles. The van der Waals surface area contributed by atoms with Crippen LogP contribution < -0.4 is 14.9 Å². The standard InChI is InChI=1S/C25H29ClF2N4O6S2/c1-2-16-18(32-11-12-38-14-22(32)33)5-3-6-20(16)40(36,37)30-17(13-29-23(34)19-7-8-21(26)39-19)24(35)31-10-4-9-25(27,28)15-31/h3,5-8,17,30H,2,4,9-15H2,1H3,(H,29,34)/t17-/m0/s1. The molecule has 3 heterocycles. The van der Waals surface area contributed by atoms with Crippen molar-refractivity contribution in [3.63, 3.8) is 0 Å². The third kappa shape index (κ3) is 6.97. The van der Waals surface area contributed by atoms with Gasteiger partial charge in [0.1, 0.15) is 12.6 Å². The van der Waals surface area contributed by atoms with Gasteiger partial charge in [0.25, 0.3) is 17.7 Å². The van der Waals surface area contributed by atoms with E-state index in [0.29, 0.717) is 15.6 Å². The first-order valence-corrected chi connectivity index (χ1v) is 15.3. The third-order valence-electron chi connectivity index (χ3n) is 6.59. The van der Waals surface area contributed by atoms with Gasteiger partial charge in [0.15, 0.2) is 0 Å². The number of morpholine rings is 1. The van der Waals surface area contributed by atoms with Gasteiger partial charge in [0.2, 0.25) is 15.9 Å². The van der Waals surface area contributed by atoms with Gasteiger partial charge in [-0.3, -0.25) is 14.4 Å². The molecule has 15 heteroatoms. The number of hydrogen-bond acceptors (Lipinski definition) is 7. The molecule has 218 valence electrons. The number of hydrogen-bond donors (Lipinski definition) is 2. The minimum Gasteiger partial charge on any atom is -0.370 e. The predicted molar refractivity (Wildman–Crippen MR) is 146 cm³/mol. The number of carbonyl (C=O) groups excluding carboxylic acids is 3. The van der Waals surface area contributed by atoms with Gasteiger partial charge in [-0.15, -0.1) is 11.3 Å². The highest BCUT2D eigenvalue weighted by atomic mass is 35.5. The van der Waals surface area contributed by atoms with Crippen molar-refractivity contribution in [1.82, 2.24) is 14.9 Å². The van der Waals surface area contributed by atoms with Crippen molar-refractivity contribution >= 4 is 56.4 Å². The van der Waals surface area contributed by atoms with E-state index in [-0.39, 0.29) is 61.2 Å². The molecule has 40 heavy (non-hydrogen) atoms. The van der Waals surface area contributed by atoms with Crippen LogP contribution in [0.15, 0.2) is 35.2 Å². The van der Waals surface area contributed by atoms with Crippen LogP contribution in [0, 0.1) is 0 Å². The normalized spacial score (nSPS) is 18.4. The van der Waals surface area contributed by atoms with E-state index < -0.39 is 46.9 Å². The van der Waals surface area contributed by atoms with E-state index in [4.69, 9.17) is 16.3 Å². The number of ether oxygens (including phenoxy) is 1. The molecule has 2 aliphatic heterocycles. The van der Waals surface area contributed by atoms with Gasteiger partial charge >= 0.3 is 0 Å². The molecule has 2 fully saturated rings. The zero-order valence-corrected chi connectivity index (χ0v) is 24.0. The number of sulfonamides is 1. The molecular formula is C25H29ClF2N4O6S2. The minimum atomic E-state index is -4.43. The number of piperidine rings is 1. The highest BCUT2D eigenvalue weighted by molar-refractivity contribution is 7.89. The van der Waals surface area contributed by atoms with Crippen molar-refractivity contribution < 1.29 is 36.3 Å². The molecule has 1 atom stereocenters. The zero-order chi connectivity index (χ0) is 29.1. The highest BCUT2D eigenvalue weighted by Gasteiger charge is 2.40. The van der Waals surface area contributed by atoms with E-state index >= 15 is 0 Å². The predicted octanol–water partition coefficient (Wildman–Crippen LogP) is 2.66. The Bertz CT molecular complexity index is 1390. The highest BCUT2D eigenvalue weighted by Crippen LogP contribution is 2.30. The van der Waals surface area contributed by atoms with Crippen LogP contribution in [0.2, 0.25) is 4.34 Å². The molecule has 2 aromatic rings. The average molecular weight is 619 g/mol. The number of nitrogens with zero attached hydrogens (tertiary/aromatic N) is 2. The van der Waals surface area contributed by atoms with Gasteiger partial charge in [0.05, 0.1) is 27.3 Å². The SMILES string of the molecule is CCc1c(N2CCOCC2=O)cccc1S(=O)(=O)N[C@@H](CNC(=O)c1ccc(Cl)s1)C(=O)N1CCCC(F)(F)C1. The number of likely N-dealkylation sites (tertiary alicyclic amines) is 1. The molecule has 3 amide bonds. The van der Waals surface area contributed by atoms with E-state index in [1.165, 1.54) is 29.2 Å². The summed E-state index contributed by atoms with van der Waals surface area (Å²) in [6.07, 6.45) is -0.0896. The van der Waals surface area contributed by atoms with Crippen LogP contribution in [0.3, 0.4) is 0 Å². The van der Waals surface area contributed by atoms with Crippen molar-refractivity contribution in [1.29, 1.82) is 0 Å². The quantitative estimate of drug-likeness (QED) is 0.445. The second-order valence-corrected chi connectivity index (χ2v) is 12.8. The summed E-state index contributed by atoms with van der Waals surface area (Å²) >= 11 is 6.88.